The van der Waals surface area contributed by atoms with Crippen molar-refractivity contribution < 1.29 is 14.3 Å². The number of amides is 1. The van der Waals surface area contributed by atoms with Crippen LogP contribution in [0.25, 0.3) is 0 Å². The molecule has 1 fully saturated rings. The van der Waals surface area contributed by atoms with Crippen molar-refractivity contribution in [3.8, 4) is 0 Å². The molecule has 2 unspecified atom stereocenters. The Kier molecular flexibility index (Phi) is 3.81. The van der Waals surface area contributed by atoms with Crippen molar-refractivity contribution in [1.82, 2.24) is 0 Å². The molecule has 5 heteroatoms. The van der Waals surface area contributed by atoms with Crippen molar-refractivity contribution >= 4 is 11.6 Å². The maximum atomic E-state index is 13.7. The molecule has 1 aliphatic rings. The monoisotopic (exact) mass is 252 g/mol. The molecule has 0 aromatic heterocycles. The molecule has 98 valence electrons. The number of rotatable bonds is 3. The summed E-state index contributed by atoms with van der Waals surface area (Å²) in [7, 11) is 0. The third-order valence-corrected chi connectivity index (χ3v) is 3.34. The summed E-state index contributed by atoms with van der Waals surface area (Å²) in [4.78, 5) is 11.3. The molecule has 0 radical (unpaired) electrons. The lowest BCUT2D eigenvalue weighted by molar-refractivity contribution is 0.0998. The summed E-state index contributed by atoms with van der Waals surface area (Å²) in [6.07, 6.45) is 2.89. The van der Waals surface area contributed by atoms with Gasteiger partial charge in [0.2, 0.25) is 0 Å². The van der Waals surface area contributed by atoms with Crippen molar-refractivity contribution in [2.75, 3.05) is 5.32 Å². The third kappa shape index (κ3) is 2.61. The minimum Gasteiger partial charge on any atom is -0.391 e. The average molecular weight is 252 g/mol. The van der Waals surface area contributed by atoms with Gasteiger partial charge in [0.15, 0.2) is 0 Å². The van der Waals surface area contributed by atoms with Crippen molar-refractivity contribution in [3.05, 3.63) is 29.6 Å². The van der Waals surface area contributed by atoms with Crippen LogP contribution >= 0.6 is 0 Å². The van der Waals surface area contributed by atoms with Gasteiger partial charge in [-0.2, -0.15) is 0 Å². The molecule has 0 bridgehead atoms. The van der Waals surface area contributed by atoms with E-state index in [-0.39, 0.29) is 17.3 Å². The molecule has 4 nitrogen and oxygen atoms in total. The van der Waals surface area contributed by atoms with Gasteiger partial charge in [-0.05, 0) is 25.0 Å². The fourth-order valence-corrected chi connectivity index (χ4v) is 2.34. The fraction of sp³-hybridized carbons (Fsp3) is 0.462. The zero-order valence-electron chi connectivity index (χ0n) is 10.0. The maximum absolute atomic E-state index is 13.7. The highest BCUT2D eigenvalue weighted by atomic mass is 19.1. The number of hydrogen-bond acceptors (Lipinski definition) is 3. The van der Waals surface area contributed by atoms with E-state index in [0.717, 1.165) is 19.3 Å². The van der Waals surface area contributed by atoms with Gasteiger partial charge in [0.05, 0.1) is 23.4 Å². The van der Waals surface area contributed by atoms with Gasteiger partial charge in [-0.15, -0.1) is 0 Å². The first-order valence-electron chi connectivity index (χ1n) is 6.12. The fourth-order valence-electron chi connectivity index (χ4n) is 2.34. The summed E-state index contributed by atoms with van der Waals surface area (Å²) >= 11 is 0. The van der Waals surface area contributed by atoms with Crippen LogP contribution in [0.1, 0.15) is 36.0 Å². The molecule has 2 rings (SSSR count). The first-order valence-corrected chi connectivity index (χ1v) is 6.12. The number of para-hydroxylation sites is 1. The van der Waals surface area contributed by atoms with Gasteiger partial charge in [-0.25, -0.2) is 4.39 Å². The van der Waals surface area contributed by atoms with E-state index >= 15 is 0 Å². The highest BCUT2D eigenvalue weighted by molar-refractivity contribution is 5.98. The topological polar surface area (TPSA) is 75.4 Å². The van der Waals surface area contributed by atoms with E-state index in [1.54, 1.807) is 0 Å². The normalized spacial score (nSPS) is 23.7. The van der Waals surface area contributed by atoms with Crippen LogP contribution < -0.4 is 11.1 Å². The van der Waals surface area contributed by atoms with Gasteiger partial charge in [-0.3, -0.25) is 4.79 Å². The predicted octanol–water partition coefficient (Wildman–Crippen LogP) is 1.64. The van der Waals surface area contributed by atoms with E-state index in [9.17, 15) is 14.3 Å². The first-order chi connectivity index (χ1) is 8.59. The molecular weight excluding hydrogens is 235 g/mol. The molecule has 1 aromatic carbocycles. The van der Waals surface area contributed by atoms with Gasteiger partial charge in [0, 0.05) is 0 Å². The van der Waals surface area contributed by atoms with Crippen LogP contribution in [0.15, 0.2) is 18.2 Å². The van der Waals surface area contributed by atoms with E-state index in [2.05, 4.69) is 5.32 Å². The Bertz CT molecular complexity index is 451. The van der Waals surface area contributed by atoms with Gasteiger partial charge < -0.3 is 16.2 Å². The zero-order valence-corrected chi connectivity index (χ0v) is 10.0. The molecule has 1 amide bonds. The van der Waals surface area contributed by atoms with Crippen LogP contribution in [0, 0.1) is 5.82 Å². The molecule has 0 heterocycles. The summed E-state index contributed by atoms with van der Waals surface area (Å²) < 4.78 is 13.7. The van der Waals surface area contributed by atoms with Gasteiger partial charge in [0.1, 0.15) is 5.82 Å². The number of carbonyl (C=O) groups excluding carboxylic acids is 1. The van der Waals surface area contributed by atoms with E-state index in [1.807, 2.05) is 0 Å². The number of anilines is 1. The Morgan fingerprint density at radius 3 is 2.78 bits per heavy atom. The highest BCUT2D eigenvalue weighted by Gasteiger charge is 2.25. The lowest BCUT2D eigenvalue weighted by Gasteiger charge is -2.29. The number of aliphatic hydroxyl groups is 1. The lowest BCUT2D eigenvalue weighted by Crippen LogP contribution is -2.37. The summed E-state index contributed by atoms with van der Waals surface area (Å²) in [5.74, 6) is -1.20. The molecule has 1 aliphatic carbocycles. The minimum atomic E-state index is -0.678. The van der Waals surface area contributed by atoms with E-state index in [0.29, 0.717) is 6.42 Å². The second-order valence-electron chi connectivity index (χ2n) is 4.63. The minimum absolute atomic E-state index is 0.0935. The van der Waals surface area contributed by atoms with Crippen LogP contribution in [0.4, 0.5) is 10.1 Å². The Morgan fingerprint density at radius 2 is 2.11 bits per heavy atom. The van der Waals surface area contributed by atoms with Gasteiger partial charge in [-0.1, -0.05) is 18.9 Å². The number of carbonyl (C=O) groups is 1. The Morgan fingerprint density at radius 1 is 1.39 bits per heavy atom. The Labute approximate surface area is 105 Å². The highest BCUT2D eigenvalue weighted by Crippen LogP contribution is 2.26. The molecule has 1 aromatic rings. The largest absolute Gasteiger partial charge is 0.391 e. The van der Waals surface area contributed by atoms with Gasteiger partial charge >= 0.3 is 0 Å². The van der Waals surface area contributed by atoms with Crippen LogP contribution in [0.5, 0.6) is 0 Å². The quantitative estimate of drug-likeness (QED) is 0.765. The summed E-state index contributed by atoms with van der Waals surface area (Å²) in [6, 6.07) is 3.96. The molecule has 0 aliphatic heterocycles. The molecular formula is C13H17FN2O2. The number of hydrogen-bond donors (Lipinski definition) is 3. The van der Waals surface area contributed by atoms with Crippen molar-refractivity contribution in [2.45, 2.75) is 37.8 Å². The van der Waals surface area contributed by atoms with Crippen molar-refractivity contribution in [2.24, 2.45) is 5.73 Å². The van der Waals surface area contributed by atoms with E-state index in [4.69, 9.17) is 5.73 Å². The second-order valence-corrected chi connectivity index (χ2v) is 4.63. The zero-order chi connectivity index (χ0) is 13.1. The molecule has 1 saturated carbocycles. The smallest absolute Gasteiger partial charge is 0.250 e. The van der Waals surface area contributed by atoms with Crippen LogP contribution in [0.2, 0.25) is 0 Å². The Hall–Kier alpha value is -1.62. The molecule has 4 N–H and O–H groups in total. The van der Waals surface area contributed by atoms with Crippen molar-refractivity contribution in [3.63, 3.8) is 0 Å². The molecule has 18 heavy (non-hydrogen) atoms. The molecule has 2 atom stereocenters. The SMILES string of the molecule is NC(=O)c1cccc(F)c1NC1CCCCC1O. The van der Waals surface area contributed by atoms with E-state index in [1.165, 1.54) is 18.2 Å². The van der Waals surface area contributed by atoms with Gasteiger partial charge in [0.25, 0.3) is 5.91 Å². The average Bonchev–Trinajstić information content (AvgIpc) is 2.34. The number of halogens is 1. The standard InChI is InChI=1S/C13H17FN2O2/c14-9-5-3-4-8(13(15)18)12(9)16-10-6-1-2-7-11(10)17/h3-5,10-11,16-17H,1-2,6-7H2,(H2,15,18). The molecule has 0 spiro atoms. The number of nitrogens with two attached hydrogens (primary N) is 1. The number of aliphatic hydroxyl groups excluding tert-OH is 1. The third-order valence-electron chi connectivity index (χ3n) is 3.34. The maximum Gasteiger partial charge on any atom is 0.250 e. The molecule has 0 saturated heterocycles. The lowest BCUT2D eigenvalue weighted by atomic mass is 9.92. The number of primary amides is 1. The summed E-state index contributed by atoms with van der Waals surface area (Å²) in [6.45, 7) is 0. The van der Waals surface area contributed by atoms with E-state index < -0.39 is 17.8 Å². The summed E-state index contributed by atoms with van der Waals surface area (Å²) in [5.41, 5.74) is 5.43. The summed E-state index contributed by atoms with van der Waals surface area (Å²) in [5, 5.41) is 12.8. The second kappa shape index (κ2) is 5.35. The van der Waals surface area contributed by atoms with Crippen LogP contribution in [-0.4, -0.2) is 23.2 Å². The van der Waals surface area contributed by atoms with Crippen LogP contribution in [-0.2, 0) is 0 Å². The predicted molar refractivity (Wildman–Crippen MR) is 66.8 cm³/mol. The Balaban J connectivity index is 2.24. The van der Waals surface area contributed by atoms with Crippen LogP contribution in [0.3, 0.4) is 0 Å². The van der Waals surface area contributed by atoms with Crippen molar-refractivity contribution in [1.29, 1.82) is 0 Å². The number of nitrogens with one attached hydrogen (secondary N) is 1. The first kappa shape index (κ1) is 12.8. The number of benzene rings is 1.